The molecule has 1 fully saturated rings. The second-order valence-electron chi connectivity index (χ2n) is 5.71. The third-order valence-corrected chi connectivity index (χ3v) is 5.14. The highest BCUT2D eigenvalue weighted by Gasteiger charge is 2.15. The fourth-order valence-electron chi connectivity index (χ4n) is 2.60. The lowest BCUT2D eigenvalue weighted by Gasteiger charge is -2.26. The lowest BCUT2D eigenvalue weighted by molar-refractivity contribution is 0.122. The van der Waals surface area contributed by atoms with Gasteiger partial charge in [-0.15, -0.1) is 11.3 Å². The van der Waals surface area contributed by atoms with Gasteiger partial charge >= 0.3 is 0 Å². The fourth-order valence-corrected chi connectivity index (χ4v) is 3.52. The molecule has 0 amide bonds. The van der Waals surface area contributed by atoms with Crippen LogP contribution in [0.1, 0.15) is 23.4 Å². The van der Waals surface area contributed by atoms with Crippen molar-refractivity contribution >= 4 is 16.5 Å². The molecule has 0 radical (unpaired) electrons. The smallest absolute Gasteiger partial charge is 0.185 e. The molecule has 0 bridgehead atoms. The van der Waals surface area contributed by atoms with Crippen molar-refractivity contribution < 1.29 is 13.9 Å². The van der Waals surface area contributed by atoms with Crippen LogP contribution in [0.2, 0.25) is 0 Å². The molecule has 1 saturated heterocycles. The van der Waals surface area contributed by atoms with E-state index in [0.29, 0.717) is 6.54 Å². The zero-order valence-electron chi connectivity index (χ0n) is 13.9. The maximum absolute atomic E-state index is 13.8. The van der Waals surface area contributed by atoms with Crippen LogP contribution in [-0.4, -0.2) is 38.4 Å². The topological polar surface area (TPSA) is 46.6 Å². The summed E-state index contributed by atoms with van der Waals surface area (Å²) in [7, 11) is 1.47. The van der Waals surface area contributed by atoms with Gasteiger partial charge in [-0.05, 0) is 24.6 Å². The van der Waals surface area contributed by atoms with Crippen LogP contribution in [0.4, 0.5) is 9.52 Å². The maximum atomic E-state index is 13.8. The van der Waals surface area contributed by atoms with E-state index in [9.17, 15) is 4.39 Å². The Hall–Kier alpha value is -1.70. The highest BCUT2D eigenvalue weighted by atomic mass is 32.1. The lowest BCUT2D eigenvalue weighted by atomic mass is 10.1. The third-order valence-electron chi connectivity index (χ3n) is 4.08. The molecule has 1 unspecified atom stereocenters. The number of methoxy groups -OCH3 is 1. The van der Waals surface area contributed by atoms with Gasteiger partial charge in [0, 0.05) is 36.8 Å². The number of halogens is 1. The minimum absolute atomic E-state index is 0.0411. The van der Waals surface area contributed by atoms with Gasteiger partial charge in [0.1, 0.15) is 0 Å². The highest BCUT2D eigenvalue weighted by Crippen LogP contribution is 2.25. The van der Waals surface area contributed by atoms with E-state index in [1.807, 2.05) is 19.2 Å². The van der Waals surface area contributed by atoms with Crippen LogP contribution in [0.25, 0.3) is 0 Å². The van der Waals surface area contributed by atoms with Crippen LogP contribution in [0.5, 0.6) is 5.75 Å². The number of aromatic nitrogens is 1. The summed E-state index contributed by atoms with van der Waals surface area (Å²) >= 11 is 1.69. The van der Waals surface area contributed by atoms with Crippen LogP contribution in [-0.2, 0) is 11.3 Å². The molecule has 0 saturated carbocycles. The van der Waals surface area contributed by atoms with Gasteiger partial charge in [-0.3, -0.25) is 0 Å². The van der Waals surface area contributed by atoms with Crippen molar-refractivity contribution in [1.82, 2.24) is 10.3 Å². The summed E-state index contributed by atoms with van der Waals surface area (Å²) in [5.41, 5.74) is 0.895. The number of morpholine rings is 1. The Morgan fingerprint density at radius 2 is 2.21 bits per heavy atom. The molecule has 1 aromatic heterocycles. The Morgan fingerprint density at radius 3 is 2.92 bits per heavy atom. The molecule has 24 heavy (non-hydrogen) atoms. The second kappa shape index (κ2) is 7.92. The van der Waals surface area contributed by atoms with Crippen molar-refractivity contribution in [2.45, 2.75) is 19.5 Å². The Labute approximate surface area is 145 Å². The monoisotopic (exact) mass is 351 g/mol. The van der Waals surface area contributed by atoms with Crippen LogP contribution >= 0.6 is 11.3 Å². The third kappa shape index (κ3) is 4.03. The van der Waals surface area contributed by atoms with Crippen molar-refractivity contribution in [2.24, 2.45) is 0 Å². The summed E-state index contributed by atoms with van der Waals surface area (Å²) in [5.74, 6) is -0.0698. The van der Waals surface area contributed by atoms with Gasteiger partial charge in [0.2, 0.25) is 0 Å². The Balaban J connectivity index is 1.57. The average Bonchev–Trinajstić information content (AvgIpc) is 3.09. The van der Waals surface area contributed by atoms with E-state index in [0.717, 1.165) is 41.9 Å². The summed E-state index contributed by atoms with van der Waals surface area (Å²) in [6, 6.07) is 5.10. The number of hydrogen-bond donors (Lipinski definition) is 1. The predicted octanol–water partition coefficient (Wildman–Crippen LogP) is 2.98. The zero-order valence-corrected chi connectivity index (χ0v) is 14.7. The molecule has 1 N–H and O–H groups in total. The number of benzene rings is 1. The molecule has 1 aliphatic rings. The molecule has 130 valence electrons. The predicted molar refractivity (Wildman–Crippen MR) is 93.4 cm³/mol. The van der Waals surface area contributed by atoms with E-state index in [4.69, 9.17) is 9.47 Å². The van der Waals surface area contributed by atoms with Crippen LogP contribution < -0.4 is 15.0 Å². The second-order valence-corrected chi connectivity index (χ2v) is 6.80. The first kappa shape index (κ1) is 17.1. The van der Waals surface area contributed by atoms with Gasteiger partial charge < -0.3 is 19.7 Å². The van der Waals surface area contributed by atoms with Gasteiger partial charge in [0.25, 0.3) is 0 Å². The summed E-state index contributed by atoms with van der Waals surface area (Å²) in [5, 5.41) is 4.46. The SMILES string of the molecule is COc1ccc(C(C)NCc2cnc(N3CCOCC3)s2)cc1F. The number of hydrogen-bond acceptors (Lipinski definition) is 6. The summed E-state index contributed by atoms with van der Waals surface area (Å²) in [6.07, 6.45) is 1.91. The van der Waals surface area contributed by atoms with E-state index in [-0.39, 0.29) is 17.6 Å². The molecular formula is C17H22FN3O2S. The normalized spacial score (nSPS) is 16.2. The number of nitrogens with one attached hydrogen (secondary N) is 1. The Morgan fingerprint density at radius 1 is 1.42 bits per heavy atom. The fraction of sp³-hybridized carbons (Fsp3) is 0.471. The van der Waals surface area contributed by atoms with E-state index in [1.54, 1.807) is 17.4 Å². The van der Waals surface area contributed by atoms with Gasteiger partial charge in [0.05, 0.1) is 20.3 Å². The van der Waals surface area contributed by atoms with Gasteiger partial charge in [-0.2, -0.15) is 0 Å². The molecule has 0 aliphatic carbocycles. The summed E-state index contributed by atoms with van der Waals surface area (Å²) in [6.45, 7) is 6.02. The van der Waals surface area contributed by atoms with E-state index in [1.165, 1.54) is 13.2 Å². The first-order chi connectivity index (χ1) is 11.7. The van der Waals surface area contributed by atoms with E-state index in [2.05, 4.69) is 15.2 Å². The lowest BCUT2D eigenvalue weighted by Crippen LogP contribution is -2.36. The molecular weight excluding hydrogens is 329 g/mol. The number of nitrogens with zero attached hydrogens (tertiary/aromatic N) is 2. The number of anilines is 1. The average molecular weight is 351 g/mol. The van der Waals surface area contributed by atoms with Gasteiger partial charge in [-0.1, -0.05) is 6.07 Å². The maximum Gasteiger partial charge on any atom is 0.185 e. The van der Waals surface area contributed by atoms with E-state index >= 15 is 0 Å². The highest BCUT2D eigenvalue weighted by molar-refractivity contribution is 7.15. The quantitative estimate of drug-likeness (QED) is 0.867. The number of thiazole rings is 1. The minimum Gasteiger partial charge on any atom is -0.494 e. The Kier molecular flexibility index (Phi) is 5.65. The Bertz CT molecular complexity index is 674. The number of ether oxygens (including phenoxy) is 2. The van der Waals surface area contributed by atoms with Gasteiger partial charge in [0.15, 0.2) is 16.7 Å². The molecule has 1 atom stereocenters. The molecule has 1 aliphatic heterocycles. The van der Waals surface area contributed by atoms with Crippen LogP contribution in [0.15, 0.2) is 24.4 Å². The molecule has 2 aromatic rings. The largest absolute Gasteiger partial charge is 0.494 e. The van der Waals surface area contributed by atoms with Gasteiger partial charge in [-0.25, -0.2) is 9.37 Å². The molecule has 7 heteroatoms. The molecule has 2 heterocycles. The van der Waals surface area contributed by atoms with Crippen molar-refractivity contribution in [3.05, 3.63) is 40.7 Å². The van der Waals surface area contributed by atoms with Crippen molar-refractivity contribution in [3.8, 4) is 5.75 Å². The van der Waals surface area contributed by atoms with Crippen molar-refractivity contribution in [3.63, 3.8) is 0 Å². The zero-order chi connectivity index (χ0) is 16.9. The summed E-state index contributed by atoms with van der Waals surface area (Å²) < 4.78 is 24.1. The van der Waals surface area contributed by atoms with Crippen LogP contribution in [0.3, 0.4) is 0 Å². The number of rotatable bonds is 6. The first-order valence-electron chi connectivity index (χ1n) is 8.01. The summed E-state index contributed by atoms with van der Waals surface area (Å²) in [4.78, 5) is 7.91. The van der Waals surface area contributed by atoms with Crippen LogP contribution in [0, 0.1) is 5.82 Å². The molecule has 1 aromatic carbocycles. The minimum atomic E-state index is -0.337. The van der Waals surface area contributed by atoms with E-state index < -0.39 is 0 Å². The first-order valence-corrected chi connectivity index (χ1v) is 8.83. The van der Waals surface area contributed by atoms with Crippen molar-refractivity contribution in [2.75, 3.05) is 38.3 Å². The molecule has 3 rings (SSSR count). The standard InChI is InChI=1S/C17H22FN3O2S/c1-12(13-3-4-16(22-2)15(18)9-13)19-10-14-11-20-17(24-14)21-5-7-23-8-6-21/h3-4,9,11-12,19H,5-8,10H2,1-2H3. The molecule has 5 nitrogen and oxygen atoms in total. The van der Waals surface area contributed by atoms with Crippen molar-refractivity contribution in [1.29, 1.82) is 0 Å². The molecule has 0 spiro atoms.